The molecule has 9 aromatic carbocycles. The molecule has 0 atom stereocenters. The van der Waals surface area contributed by atoms with Crippen molar-refractivity contribution in [2.45, 2.75) is 0 Å². The van der Waals surface area contributed by atoms with Crippen molar-refractivity contribution in [3.05, 3.63) is 200 Å². The third kappa shape index (κ3) is 4.67. The van der Waals surface area contributed by atoms with Crippen molar-refractivity contribution in [2.75, 3.05) is 0 Å². The molecule has 0 N–H and O–H groups in total. The quantitative estimate of drug-likeness (QED) is 0.168. The molecule has 2 aliphatic rings. The van der Waals surface area contributed by atoms with Crippen molar-refractivity contribution in [2.24, 2.45) is 0 Å². The van der Waals surface area contributed by atoms with Crippen molar-refractivity contribution in [3.63, 3.8) is 0 Å². The lowest BCUT2D eigenvalue weighted by Crippen LogP contribution is -2.53. The highest BCUT2D eigenvalue weighted by Gasteiger charge is 2.41. The molecule has 0 bridgehead atoms. The number of benzene rings is 9. The van der Waals surface area contributed by atoms with Crippen LogP contribution in [0.15, 0.2) is 200 Å². The van der Waals surface area contributed by atoms with Gasteiger partial charge in [0.1, 0.15) is 17.2 Å². The van der Waals surface area contributed by atoms with Crippen LogP contribution in [0.25, 0.3) is 88.4 Å². The second-order valence-corrected chi connectivity index (χ2v) is 15.6. The summed E-state index contributed by atoms with van der Waals surface area (Å²) in [6, 6.07) is 71.7. The lowest BCUT2D eigenvalue weighted by Gasteiger charge is -2.33. The molecule has 0 radical (unpaired) electrons. The minimum atomic E-state index is -0.318. The van der Waals surface area contributed by atoms with E-state index in [2.05, 4.69) is 209 Å². The van der Waals surface area contributed by atoms with Crippen molar-refractivity contribution in [1.82, 2.24) is 9.13 Å². The normalized spacial score (nSPS) is 12.6. The molecule has 274 valence electrons. The van der Waals surface area contributed by atoms with E-state index < -0.39 is 0 Å². The Labute approximate surface area is 340 Å². The van der Waals surface area contributed by atoms with Gasteiger partial charge in [-0.05, 0) is 71.3 Å². The van der Waals surface area contributed by atoms with Gasteiger partial charge in [0.05, 0.1) is 33.4 Å². The Balaban J connectivity index is 0.926. The van der Waals surface area contributed by atoms with E-state index >= 15 is 0 Å². The number of hydrogen-bond acceptors (Lipinski definition) is 2. The van der Waals surface area contributed by atoms with Gasteiger partial charge < -0.3 is 18.5 Å². The molecule has 5 heteroatoms. The summed E-state index contributed by atoms with van der Waals surface area (Å²) in [5.74, 6) is 2.51. The smallest absolute Gasteiger partial charge is 0.434 e. The molecule has 11 aromatic rings. The molecular weight excluding hydrogens is 719 g/mol. The SMILES string of the molecule is c1ccc(-n2c3ccccc3c3ccccc32)c(-c2ccc3c(c2)Oc2cccc4c2B3Oc2cc(-c3ccccc3-n3c5ccccc5c5ccccc53)ccc2-4)c1. The summed E-state index contributed by atoms with van der Waals surface area (Å²) >= 11 is 0. The highest BCUT2D eigenvalue weighted by atomic mass is 16.5. The number of hydrogen-bond donors (Lipinski definition) is 0. The maximum Gasteiger partial charge on any atom is 0.434 e. The minimum Gasteiger partial charge on any atom is -0.551 e. The molecule has 13 rings (SSSR count). The first kappa shape index (κ1) is 32.3. The van der Waals surface area contributed by atoms with Gasteiger partial charge >= 0.3 is 6.92 Å². The number of aromatic nitrogens is 2. The summed E-state index contributed by atoms with van der Waals surface area (Å²) in [5, 5.41) is 4.98. The number of para-hydroxylation sites is 6. The summed E-state index contributed by atoms with van der Waals surface area (Å²) in [6.07, 6.45) is 0. The maximum atomic E-state index is 7.13. The Morgan fingerprint density at radius 1 is 0.339 bits per heavy atom. The third-order valence-electron chi connectivity index (χ3n) is 12.4. The van der Waals surface area contributed by atoms with Crippen LogP contribution in [0.5, 0.6) is 17.2 Å². The summed E-state index contributed by atoms with van der Waals surface area (Å²) in [7, 11) is 0. The van der Waals surface area contributed by atoms with Gasteiger partial charge in [0.25, 0.3) is 0 Å². The van der Waals surface area contributed by atoms with E-state index in [1.54, 1.807) is 0 Å². The number of fused-ring (bicyclic) bond motifs is 10. The molecule has 4 nitrogen and oxygen atoms in total. The van der Waals surface area contributed by atoms with Gasteiger partial charge in [0, 0.05) is 49.2 Å². The predicted molar refractivity (Wildman–Crippen MR) is 244 cm³/mol. The predicted octanol–water partition coefficient (Wildman–Crippen LogP) is 12.5. The second kappa shape index (κ2) is 12.4. The fourth-order valence-corrected chi connectivity index (χ4v) is 9.87. The molecule has 59 heavy (non-hydrogen) atoms. The van der Waals surface area contributed by atoms with Crippen molar-refractivity contribution >= 4 is 61.5 Å². The minimum absolute atomic E-state index is 0.318. The van der Waals surface area contributed by atoms with Crippen LogP contribution in [0.4, 0.5) is 0 Å². The Morgan fingerprint density at radius 2 is 0.797 bits per heavy atom. The van der Waals surface area contributed by atoms with Crippen LogP contribution < -0.4 is 20.3 Å². The second-order valence-electron chi connectivity index (χ2n) is 15.6. The Kier molecular flexibility index (Phi) is 6.78. The van der Waals surface area contributed by atoms with E-state index in [9.17, 15) is 0 Å². The standard InChI is InChI=1S/C54H33BN2O2/c1-7-21-45(56-47-23-9-3-16-38(47)39-17-4-10-24-48(39)56)36(14-1)34-28-30-42-43-20-13-27-51-54(43)55(59-52(42)32-34)44-31-29-35(33-53(44)58-51)37-15-2-8-22-46(37)57-49-25-11-5-18-40(49)41-19-6-12-26-50(41)57/h1-33H. The van der Waals surface area contributed by atoms with Crippen LogP contribution in [0.3, 0.4) is 0 Å². The van der Waals surface area contributed by atoms with Crippen LogP contribution in [0.1, 0.15) is 0 Å². The highest BCUT2D eigenvalue weighted by molar-refractivity contribution is 6.84. The van der Waals surface area contributed by atoms with Gasteiger partial charge in [0.2, 0.25) is 0 Å². The molecule has 4 heterocycles. The lowest BCUT2D eigenvalue weighted by atomic mass is 9.51. The molecular formula is C54H33BN2O2. The van der Waals surface area contributed by atoms with Gasteiger partial charge in [-0.25, -0.2) is 0 Å². The molecule has 0 fully saturated rings. The van der Waals surface area contributed by atoms with Crippen LogP contribution in [-0.2, 0) is 0 Å². The summed E-state index contributed by atoms with van der Waals surface area (Å²) in [5.41, 5.74) is 15.8. The molecule has 0 aliphatic carbocycles. The fourth-order valence-electron chi connectivity index (χ4n) is 9.87. The Bertz CT molecular complexity index is 3430. The monoisotopic (exact) mass is 752 g/mol. The zero-order chi connectivity index (χ0) is 38.6. The van der Waals surface area contributed by atoms with Crippen LogP contribution in [-0.4, -0.2) is 16.0 Å². The molecule has 0 saturated heterocycles. The molecule has 0 unspecified atom stereocenters. The third-order valence-corrected chi connectivity index (χ3v) is 12.4. The van der Waals surface area contributed by atoms with Gasteiger partial charge in [-0.3, -0.25) is 0 Å². The molecule has 2 aliphatic heterocycles. The number of ether oxygens (including phenoxy) is 1. The average molecular weight is 753 g/mol. The van der Waals surface area contributed by atoms with Gasteiger partial charge in [-0.15, -0.1) is 0 Å². The fraction of sp³-hybridized carbons (Fsp3) is 0. The average Bonchev–Trinajstić information content (AvgIpc) is 3.82. The Hall–Kier alpha value is -7.76. The Morgan fingerprint density at radius 3 is 1.36 bits per heavy atom. The van der Waals surface area contributed by atoms with Gasteiger partial charge in [-0.2, -0.15) is 0 Å². The molecule has 0 spiro atoms. The van der Waals surface area contributed by atoms with Crippen molar-refractivity contribution in [1.29, 1.82) is 0 Å². The molecule has 2 aromatic heterocycles. The van der Waals surface area contributed by atoms with E-state index in [0.29, 0.717) is 0 Å². The van der Waals surface area contributed by atoms with Crippen molar-refractivity contribution < 1.29 is 9.39 Å². The van der Waals surface area contributed by atoms with Crippen LogP contribution >= 0.6 is 0 Å². The number of rotatable bonds is 4. The summed E-state index contributed by atoms with van der Waals surface area (Å²) in [6.45, 7) is -0.318. The zero-order valence-electron chi connectivity index (χ0n) is 31.8. The first-order valence-corrected chi connectivity index (χ1v) is 20.2. The number of nitrogens with zero attached hydrogens (tertiary/aromatic N) is 2. The van der Waals surface area contributed by atoms with Crippen LogP contribution in [0, 0.1) is 0 Å². The largest absolute Gasteiger partial charge is 0.551 e. The summed E-state index contributed by atoms with van der Waals surface area (Å²) in [4.78, 5) is 0. The van der Waals surface area contributed by atoms with Crippen molar-refractivity contribution in [3.8, 4) is 62.0 Å². The molecule has 0 amide bonds. The first-order chi connectivity index (χ1) is 29.3. The van der Waals surface area contributed by atoms with Gasteiger partial charge in [-0.1, -0.05) is 146 Å². The van der Waals surface area contributed by atoms with E-state index in [0.717, 1.165) is 72.9 Å². The lowest BCUT2D eigenvalue weighted by molar-refractivity contribution is 0.479. The van der Waals surface area contributed by atoms with E-state index in [4.69, 9.17) is 9.39 Å². The van der Waals surface area contributed by atoms with Crippen LogP contribution in [0.2, 0.25) is 0 Å². The highest BCUT2D eigenvalue weighted by Crippen LogP contribution is 2.44. The summed E-state index contributed by atoms with van der Waals surface area (Å²) < 4.78 is 18.7. The molecule has 0 saturated carbocycles. The maximum absolute atomic E-state index is 7.13. The topological polar surface area (TPSA) is 28.3 Å². The van der Waals surface area contributed by atoms with Gasteiger partial charge in [0.15, 0.2) is 0 Å². The van der Waals surface area contributed by atoms with E-state index in [1.807, 2.05) is 0 Å². The van der Waals surface area contributed by atoms with E-state index in [-0.39, 0.29) is 6.92 Å². The zero-order valence-corrected chi connectivity index (χ0v) is 31.8. The van der Waals surface area contributed by atoms with E-state index in [1.165, 1.54) is 43.6 Å². The first-order valence-electron chi connectivity index (χ1n) is 20.2.